The molecule has 1 aromatic carbocycles. The third-order valence-corrected chi connectivity index (χ3v) is 5.45. The molecule has 1 fully saturated rings. The molecule has 1 aliphatic rings. The first-order chi connectivity index (χ1) is 13.3. The Morgan fingerprint density at radius 3 is 2.61 bits per heavy atom. The van der Waals surface area contributed by atoms with Gasteiger partial charge in [0.05, 0.1) is 6.61 Å². The van der Waals surface area contributed by atoms with E-state index in [4.69, 9.17) is 9.47 Å². The van der Waals surface area contributed by atoms with E-state index in [0.29, 0.717) is 11.8 Å². The van der Waals surface area contributed by atoms with Crippen LogP contribution in [0.15, 0.2) is 24.4 Å². The van der Waals surface area contributed by atoms with Crippen LogP contribution >= 0.6 is 0 Å². The van der Waals surface area contributed by atoms with Gasteiger partial charge in [0.25, 0.3) is 0 Å². The van der Waals surface area contributed by atoms with Gasteiger partial charge in [0, 0.05) is 29.7 Å². The topological polar surface area (TPSA) is 118 Å². The number of hydrogen-bond donors (Lipinski definition) is 5. The van der Waals surface area contributed by atoms with Crippen LogP contribution in [0.1, 0.15) is 19.4 Å². The summed E-state index contributed by atoms with van der Waals surface area (Å²) in [7, 11) is 2.09. The van der Waals surface area contributed by atoms with E-state index in [1.54, 1.807) is 6.07 Å². The Bertz CT molecular complexity index is 777. The standard InChI is InChI=1S/C20H30N2O6/c1-11(2)22(3)7-6-12-9-21-15-5-4-13(8-14(12)15)27-20-19(26)18(25)17(24)16(10-23)28-20/h4-5,8-9,11,16-21,23-26H,6-7,10H2,1-3H3. The average Bonchev–Trinajstić information content (AvgIpc) is 3.08. The summed E-state index contributed by atoms with van der Waals surface area (Å²) in [4.78, 5) is 5.52. The minimum atomic E-state index is -1.46. The summed E-state index contributed by atoms with van der Waals surface area (Å²) in [5.74, 6) is 0.467. The van der Waals surface area contributed by atoms with Gasteiger partial charge in [0.15, 0.2) is 0 Å². The Morgan fingerprint density at radius 2 is 1.93 bits per heavy atom. The summed E-state index contributed by atoms with van der Waals surface area (Å²) in [6.07, 6.45) is -3.64. The monoisotopic (exact) mass is 394 g/mol. The van der Waals surface area contributed by atoms with Crippen molar-refractivity contribution in [1.29, 1.82) is 0 Å². The van der Waals surface area contributed by atoms with Crippen molar-refractivity contribution in [3.05, 3.63) is 30.0 Å². The maximum Gasteiger partial charge on any atom is 0.229 e. The highest BCUT2D eigenvalue weighted by atomic mass is 16.7. The number of aliphatic hydroxyl groups excluding tert-OH is 4. The number of aliphatic hydroxyl groups is 4. The average molecular weight is 394 g/mol. The molecule has 5 unspecified atom stereocenters. The van der Waals surface area contributed by atoms with Crippen LogP contribution < -0.4 is 4.74 Å². The zero-order valence-corrected chi connectivity index (χ0v) is 16.4. The zero-order chi connectivity index (χ0) is 20.4. The quantitative estimate of drug-likeness (QED) is 0.456. The van der Waals surface area contributed by atoms with Crippen molar-refractivity contribution in [2.45, 2.75) is 57.0 Å². The van der Waals surface area contributed by atoms with Crippen molar-refractivity contribution in [3.8, 4) is 5.75 Å². The van der Waals surface area contributed by atoms with Crippen molar-refractivity contribution in [1.82, 2.24) is 9.88 Å². The Hall–Kier alpha value is -1.68. The maximum absolute atomic E-state index is 10.2. The van der Waals surface area contributed by atoms with Gasteiger partial charge in [-0.3, -0.25) is 0 Å². The van der Waals surface area contributed by atoms with E-state index in [1.807, 2.05) is 18.3 Å². The number of aromatic amines is 1. The lowest BCUT2D eigenvalue weighted by Crippen LogP contribution is -2.60. The lowest BCUT2D eigenvalue weighted by atomic mass is 9.99. The number of benzene rings is 1. The fourth-order valence-electron chi connectivity index (χ4n) is 3.29. The second kappa shape index (κ2) is 8.77. The van der Waals surface area contributed by atoms with Gasteiger partial charge in [-0.25, -0.2) is 0 Å². The second-order valence-corrected chi connectivity index (χ2v) is 7.66. The Balaban J connectivity index is 1.75. The number of rotatable bonds is 7. The molecule has 1 saturated heterocycles. The van der Waals surface area contributed by atoms with E-state index < -0.39 is 37.3 Å². The summed E-state index contributed by atoms with van der Waals surface area (Å²) in [5.41, 5.74) is 2.13. The normalized spacial score (nSPS) is 28.4. The number of hydrogen-bond acceptors (Lipinski definition) is 7. The second-order valence-electron chi connectivity index (χ2n) is 7.66. The molecule has 0 radical (unpaired) electrons. The molecule has 1 aliphatic heterocycles. The van der Waals surface area contributed by atoms with Gasteiger partial charge >= 0.3 is 0 Å². The fraction of sp³-hybridized carbons (Fsp3) is 0.600. The summed E-state index contributed by atoms with van der Waals surface area (Å²) >= 11 is 0. The Labute approximate surface area is 164 Å². The van der Waals surface area contributed by atoms with Gasteiger partial charge in [-0.05, 0) is 51.1 Å². The van der Waals surface area contributed by atoms with Gasteiger partial charge in [0.2, 0.25) is 6.29 Å². The number of nitrogens with zero attached hydrogens (tertiary/aromatic N) is 1. The molecule has 1 aromatic heterocycles. The molecule has 8 heteroatoms. The van der Waals surface area contributed by atoms with Crippen LogP contribution in [-0.4, -0.2) is 87.3 Å². The zero-order valence-electron chi connectivity index (χ0n) is 16.4. The molecule has 0 spiro atoms. The minimum absolute atomic E-state index is 0.467. The lowest BCUT2D eigenvalue weighted by molar-refractivity contribution is -0.277. The largest absolute Gasteiger partial charge is 0.462 e. The lowest BCUT2D eigenvalue weighted by Gasteiger charge is -2.39. The third kappa shape index (κ3) is 4.32. The molecule has 0 aliphatic carbocycles. The molecule has 5 N–H and O–H groups in total. The highest BCUT2D eigenvalue weighted by Crippen LogP contribution is 2.28. The molecule has 3 rings (SSSR count). The van der Waals surface area contributed by atoms with Crippen LogP contribution in [0.25, 0.3) is 10.9 Å². The number of nitrogens with one attached hydrogen (secondary N) is 1. The first kappa shape index (κ1) is 21.0. The third-order valence-electron chi connectivity index (χ3n) is 5.45. The first-order valence-electron chi connectivity index (χ1n) is 9.59. The van der Waals surface area contributed by atoms with Crippen LogP contribution in [-0.2, 0) is 11.2 Å². The Morgan fingerprint density at radius 1 is 1.18 bits per heavy atom. The molecule has 8 nitrogen and oxygen atoms in total. The molecule has 2 heterocycles. The van der Waals surface area contributed by atoms with Crippen molar-refractivity contribution in [2.24, 2.45) is 0 Å². The SMILES string of the molecule is CC(C)N(C)CCc1c[nH]c2ccc(OC3OC(CO)C(O)C(O)C3O)cc12. The highest BCUT2D eigenvalue weighted by molar-refractivity contribution is 5.84. The number of fused-ring (bicyclic) bond motifs is 1. The molecule has 0 bridgehead atoms. The van der Waals surface area contributed by atoms with Gasteiger partial charge in [-0.15, -0.1) is 0 Å². The van der Waals surface area contributed by atoms with E-state index in [0.717, 1.165) is 29.4 Å². The van der Waals surface area contributed by atoms with E-state index in [9.17, 15) is 20.4 Å². The van der Waals surface area contributed by atoms with Gasteiger partial charge in [0.1, 0.15) is 30.2 Å². The van der Waals surface area contributed by atoms with Gasteiger partial charge in [-0.2, -0.15) is 0 Å². The summed E-state index contributed by atoms with van der Waals surface area (Å²) in [6.45, 7) is 4.74. The smallest absolute Gasteiger partial charge is 0.229 e. The maximum atomic E-state index is 10.2. The number of likely N-dealkylation sites (N-methyl/N-ethyl adjacent to an activating group) is 1. The van der Waals surface area contributed by atoms with E-state index in [2.05, 4.69) is 30.8 Å². The predicted octanol–water partition coefficient (Wildman–Crippen LogP) is 0.229. The molecule has 156 valence electrons. The van der Waals surface area contributed by atoms with E-state index in [1.165, 1.54) is 0 Å². The fourth-order valence-corrected chi connectivity index (χ4v) is 3.29. The number of H-pyrrole nitrogens is 1. The van der Waals surface area contributed by atoms with Crippen molar-refractivity contribution in [3.63, 3.8) is 0 Å². The number of ether oxygens (including phenoxy) is 2. The molecule has 5 atom stereocenters. The summed E-state index contributed by atoms with van der Waals surface area (Å²) < 4.78 is 11.2. The minimum Gasteiger partial charge on any atom is -0.462 e. The summed E-state index contributed by atoms with van der Waals surface area (Å²) in [6, 6.07) is 5.95. The van der Waals surface area contributed by atoms with Crippen molar-refractivity contribution in [2.75, 3.05) is 20.2 Å². The molecular formula is C20H30N2O6. The molecule has 0 amide bonds. The Kier molecular flexibility index (Phi) is 6.59. The van der Waals surface area contributed by atoms with Crippen LogP contribution in [0.2, 0.25) is 0 Å². The predicted molar refractivity (Wildman–Crippen MR) is 104 cm³/mol. The first-order valence-corrected chi connectivity index (χ1v) is 9.59. The van der Waals surface area contributed by atoms with Crippen molar-refractivity contribution < 1.29 is 29.9 Å². The molecule has 0 saturated carbocycles. The van der Waals surface area contributed by atoms with Crippen LogP contribution in [0.4, 0.5) is 0 Å². The van der Waals surface area contributed by atoms with E-state index in [-0.39, 0.29) is 0 Å². The van der Waals surface area contributed by atoms with Crippen LogP contribution in [0, 0.1) is 0 Å². The van der Waals surface area contributed by atoms with Gasteiger partial charge in [-0.1, -0.05) is 0 Å². The molecule has 2 aromatic rings. The molecule has 28 heavy (non-hydrogen) atoms. The van der Waals surface area contributed by atoms with Crippen molar-refractivity contribution >= 4 is 10.9 Å². The van der Waals surface area contributed by atoms with Gasteiger partial charge < -0.3 is 39.8 Å². The van der Waals surface area contributed by atoms with Crippen LogP contribution in [0.3, 0.4) is 0 Å². The van der Waals surface area contributed by atoms with E-state index >= 15 is 0 Å². The molecular weight excluding hydrogens is 364 g/mol. The highest BCUT2D eigenvalue weighted by Gasteiger charge is 2.44. The number of aromatic nitrogens is 1. The van der Waals surface area contributed by atoms with Crippen LogP contribution in [0.5, 0.6) is 5.75 Å². The summed E-state index contributed by atoms with van der Waals surface area (Å²) in [5, 5.41) is 40.3.